The molecule has 5 heteroatoms. The van der Waals surface area contributed by atoms with Crippen molar-refractivity contribution in [3.8, 4) is 0 Å². The van der Waals surface area contributed by atoms with Crippen LogP contribution in [-0.2, 0) is 15.9 Å². The van der Waals surface area contributed by atoms with E-state index in [9.17, 15) is 9.59 Å². The second-order valence-corrected chi connectivity index (χ2v) is 6.78. The molecule has 5 nitrogen and oxygen atoms in total. The number of nitrogens with one attached hydrogen (secondary N) is 1. The van der Waals surface area contributed by atoms with Crippen LogP contribution in [0.2, 0.25) is 0 Å². The van der Waals surface area contributed by atoms with E-state index in [1.807, 2.05) is 39.0 Å². The predicted octanol–water partition coefficient (Wildman–Crippen LogP) is 3.42. The minimum atomic E-state index is -0.534. The van der Waals surface area contributed by atoms with Crippen molar-refractivity contribution in [1.29, 1.82) is 0 Å². The van der Waals surface area contributed by atoms with E-state index >= 15 is 0 Å². The number of fused-ring (bicyclic) bond motifs is 1. The largest absolute Gasteiger partial charge is 0.444 e. The van der Waals surface area contributed by atoms with E-state index in [1.54, 1.807) is 6.92 Å². The van der Waals surface area contributed by atoms with E-state index in [0.29, 0.717) is 13.2 Å². The Hall–Kier alpha value is -1.88. The molecule has 0 radical (unpaired) electrons. The number of ether oxygens (including phenoxy) is 2. The first-order chi connectivity index (χ1) is 10.8. The number of carbonyl (C=O) groups excluding carboxylic acids is 2. The summed E-state index contributed by atoms with van der Waals surface area (Å²) in [7, 11) is 0. The van der Waals surface area contributed by atoms with Crippen molar-refractivity contribution in [2.24, 2.45) is 0 Å². The van der Waals surface area contributed by atoms with Crippen LogP contribution in [0.15, 0.2) is 18.2 Å². The molecule has 1 amide bonds. The van der Waals surface area contributed by atoms with Crippen molar-refractivity contribution in [2.45, 2.75) is 52.2 Å². The normalized spacial score (nSPS) is 17.8. The molecule has 1 aliphatic rings. The van der Waals surface area contributed by atoms with Crippen molar-refractivity contribution in [2.75, 3.05) is 13.2 Å². The first-order valence-corrected chi connectivity index (χ1v) is 7.99. The minimum Gasteiger partial charge on any atom is -0.444 e. The lowest BCUT2D eigenvalue weighted by Gasteiger charge is -2.22. The Bertz CT molecular complexity index is 589. The van der Waals surface area contributed by atoms with E-state index in [0.717, 1.165) is 29.5 Å². The van der Waals surface area contributed by atoms with Gasteiger partial charge in [-0.05, 0) is 51.7 Å². The van der Waals surface area contributed by atoms with Crippen molar-refractivity contribution in [3.63, 3.8) is 0 Å². The molecular weight excluding hydrogens is 294 g/mol. The van der Waals surface area contributed by atoms with Gasteiger partial charge in [0.25, 0.3) is 0 Å². The summed E-state index contributed by atoms with van der Waals surface area (Å²) >= 11 is 0. The lowest BCUT2D eigenvalue weighted by molar-refractivity contribution is 0.0359. The van der Waals surface area contributed by atoms with Crippen LogP contribution in [0, 0.1) is 0 Å². The summed E-state index contributed by atoms with van der Waals surface area (Å²) in [4.78, 5) is 23.7. The van der Waals surface area contributed by atoms with Crippen LogP contribution >= 0.6 is 0 Å². The molecule has 1 atom stereocenters. The number of benzene rings is 1. The lowest BCUT2D eigenvalue weighted by atomic mass is 9.93. The fourth-order valence-electron chi connectivity index (χ4n) is 2.74. The molecule has 0 fully saturated rings. The SMILES string of the molecule is CC(=O)c1cccc2c1CCCOC2CNC(=O)OC(C)(C)C. The maximum Gasteiger partial charge on any atom is 0.407 e. The van der Waals surface area contributed by atoms with Crippen LogP contribution in [0.3, 0.4) is 0 Å². The van der Waals surface area contributed by atoms with Gasteiger partial charge in [-0.15, -0.1) is 0 Å². The molecule has 0 saturated carbocycles. The van der Waals surface area contributed by atoms with Gasteiger partial charge < -0.3 is 14.8 Å². The average Bonchev–Trinajstić information content (AvgIpc) is 2.65. The molecule has 0 spiro atoms. The van der Waals surface area contributed by atoms with Crippen LogP contribution in [0.5, 0.6) is 0 Å². The first kappa shape index (κ1) is 17.5. The Morgan fingerprint density at radius 3 is 2.74 bits per heavy atom. The third-order valence-corrected chi connectivity index (χ3v) is 3.66. The Morgan fingerprint density at radius 2 is 2.09 bits per heavy atom. The number of ketones is 1. The zero-order chi connectivity index (χ0) is 17.0. The minimum absolute atomic E-state index is 0.0580. The quantitative estimate of drug-likeness (QED) is 0.867. The lowest BCUT2D eigenvalue weighted by Crippen LogP contribution is -2.35. The third kappa shape index (κ3) is 4.79. The Labute approximate surface area is 137 Å². The summed E-state index contributed by atoms with van der Waals surface area (Å²) in [6, 6.07) is 5.68. The van der Waals surface area contributed by atoms with Gasteiger partial charge in [0.05, 0.1) is 6.54 Å². The van der Waals surface area contributed by atoms with E-state index in [2.05, 4.69) is 5.32 Å². The molecule has 1 aromatic rings. The van der Waals surface area contributed by atoms with Crippen molar-refractivity contribution in [1.82, 2.24) is 5.32 Å². The average molecular weight is 319 g/mol. The van der Waals surface area contributed by atoms with E-state index < -0.39 is 11.7 Å². The summed E-state index contributed by atoms with van der Waals surface area (Å²) < 4.78 is 11.1. The molecule has 1 aliphatic heterocycles. The van der Waals surface area contributed by atoms with E-state index in [1.165, 1.54) is 0 Å². The zero-order valence-electron chi connectivity index (χ0n) is 14.3. The smallest absolute Gasteiger partial charge is 0.407 e. The van der Waals surface area contributed by atoms with Gasteiger partial charge in [0.2, 0.25) is 0 Å². The number of alkyl carbamates (subject to hydrolysis) is 1. The molecule has 0 aliphatic carbocycles. The molecule has 1 heterocycles. The Kier molecular flexibility index (Phi) is 5.42. The van der Waals surface area contributed by atoms with Crippen LogP contribution in [0.1, 0.15) is 61.7 Å². The maximum absolute atomic E-state index is 11.8. The molecule has 23 heavy (non-hydrogen) atoms. The predicted molar refractivity (Wildman–Crippen MR) is 87.7 cm³/mol. The monoisotopic (exact) mass is 319 g/mol. The van der Waals surface area contributed by atoms with Crippen LogP contribution in [0.25, 0.3) is 0 Å². The number of amides is 1. The highest BCUT2D eigenvalue weighted by Crippen LogP contribution is 2.29. The topological polar surface area (TPSA) is 64.6 Å². The first-order valence-electron chi connectivity index (χ1n) is 7.99. The van der Waals surface area contributed by atoms with Gasteiger partial charge in [0.15, 0.2) is 5.78 Å². The van der Waals surface area contributed by atoms with Crippen molar-refractivity contribution < 1.29 is 19.1 Å². The molecule has 0 aromatic heterocycles. The Morgan fingerprint density at radius 1 is 1.35 bits per heavy atom. The number of Topliss-reactive ketones (excluding diaryl/α,β-unsaturated/α-hetero) is 1. The van der Waals surface area contributed by atoms with Crippen molar-refractivity contribution >= 4 is 11.9 Å². The highest BCUT2D eigenvalue weighted by atomic mass is 16.6. The number of hydrogen-bond donors (Lipinski definition) is 1. The summed E-state index contributed by atoms with van der Waals surface area (Å²) in [5, 5.41) is 2.76. The van der Waals surface area contributed by atoms with Gasteiger partial charge in [-0.1, -0.05) is 18.2 Å². The summed E-state index contributed by atoms with van der Waals surface area (Å²) in [6.07, 6.45) is 0.947. The van der Waals surface area contributed by atoms with Gasteiger partial charge in [-0.3, -0.25) is 4.79 Å². The zero-order valence-corrected chi connectivity index (χ0v) is 14.3. The van der Waals surface area contributed by atoms with Gasteiger partial charge >= 0.3 is 6.09 Å². The van der Waals surface area contributed by atoms with Crippen LogP contribution in [0.4, 0.5) is 4.79 Å². The molecule has 2 rings (SSSR count). The fourth-order valence-corrected chi connectivity index (χ4v) is 2.74. The second-order valence-electron chi connectivity index (χ2n) is 6.78. The molecular formula is C18H25NO4. The Balaban J connectivity index is 2.14. The number of carbonyl (C=O) groups is 2. The fraction of sp³-hybridized carbons (Fsp3) is 0.556. The molecule has 0 bridgehead atoms. The molecule has 126 valence electrons. The standard InChI is InChI=1S/C18H25NO4/c1-12(20)13-7-5-8-15-14(13)9-6-10-22-16(15)11-19-17(21)23-18(2,3)4/h5,7-8,16H,6,9-11H2,1-4H3,(H,19,21). The van der Waals surface area contributed by atoms with Crippen LogP contribution < -0.4 is 5.32 Å². The van der Waals surface area contributed by atoms with Crippen molar-refractivity contribution in [3.05, 3.63) is 34.9 Å². The van der Waals surface area contributed by atoms with Gasteiger partial charge in [0, 0.05) is 12.2 Å². The summed E-state index contributed by atoms with van der Waals surface area (Å²) in [6.45, 7) is 7.97. The maximum atomic E-state index is 11.8. The molecule has 1 aromatic carbocycles. The third-order valence-electron chi connectivity index (χ3n) is 3.66. The molecule has 0 saturated heterocycles. The summed E-state index contributed by atoms with van der Waals surface area (Å²) in [5.41, 5.74) is 2.23. The van der Waals surface area contributed by atoms with Gasteiger partial charge in [0.1, 0.15) is 11.7 Å². The summed E-state index contributed by atoms with van der Waals surface area (Å²) in [5.74, 6) is 0.0580. The van der Waals surface area contributed by atoms with E-state index in [-0.39, 0.29) is 11.9 Å². The highest BCUT2D eigenvalue weighted by molar-refractivity contribution is 5.96. The number of hydrogen-bond acceptors (Lipinski definition) is 4. The van der Waals surface area contributed by atoms with Gasteiger partial charge in [-0.25, -0.2) is 4.79 Å². The van der Waals surface area contributed by atoms with Gasteiger partial charge in [-0.2, -0.15) is 0 Å². The van der Waals surface area contributed by atoms with Crippen LogP contribution in [-0.4, -0.2) is 30.6 Å². The number of rotatable bonds is 3. The van der Waals surface area contributed by atoms with E-state index in [4.69, 9.17) is 9.47 Å². The molecule has 1 unspecified atom stereocenters. The second kappa shape index (κ2) is 7.13. The molecule has 1 N–H and O–H groups in total. The highest BCUT2D eigenvalue weighted by Gasteiger charge is 2.24.